The number of rotatable bonds is 0. The van der Waals surface area contributed by atoms with Gasteiger partial charge in [0.1, 0.15) is 0 Å². The zero-order chi connectivity index (χ0) is 7.49. The lowest BCUT2D eigenvalue weighted by Gasteiger charge is -1.98. The molecule has 0 saturated heterocycles. The van der Waals surface area contributed by atoms with Crippen LogP contribution in [-0.4, -0.2) is 15.9 Å². The molecule has 0 unspecified atom stereocenters. The van der Waals surface area contributed by atoms with E-state index < -0.39 is 3.79 Å². The average Bonchev–Trinajstić information content (AvgIpc) is 1.59. The summed E-state index contributed by atoms with van der Waals surface area (Å²) in [5.74, 6) is -0.388. The number of carbonyl (C=O) groups excluding carboxylic acids is 1. The van der Waals surface area contributed by atoms with Crippen molar-refractivity contribution in [3.05, 3.63) is 0 Å². The first-order valence-corrected chi connectivity index (χ1v) is 3.18. The molecule has 0 aromatic heterocycles. The summed E-state index contributed by atoms with van der Waals surface area (Å²) in [5, 5.41) is 0. The van der Waals surface area contributed by atoms with Crippen LogP contribution in [0.15, 0.2) is 4.99 Å². The Morgan fingerprint density at radius 2 is 2.00 bits per heavy atom. The number of aliphatic imine (C=N–C) groups is 1. The molecule has 0 radical (unpaired) electrons. The van der Waals surface area contributed by atoms with Crippen LogP contribution in [0, 0.1) is 0 Å². The van der Waals surface area contributed by atoms with E-state index in [0.29, 0.717) is 0 Å². The number of amides is 1. The topological polar surface area (TPSA) is 29.4 Å². The molecule has 0 saturated carbocycles. The summed E-state index contributed by atoms with van der Waals surface area (Å²) in [4.78, 5) is 13.4. The van der Waals surface area contributed by atoms with Crippen LogP contribution in [0.5, 0.6) is 0 Å². The molecule has 52 valence electrons. The van der Waals surface area contributed by atoms with Crippen molar-refractivity contribution in [1.29, 1.82) is 0 Å². The van der Waals surface area contributed by atoms with Gasteiger partial charge in [-0.15, -0.1) is 0 Å². The fourth-order valence-electron chi connectivity index (χ4n) is 0.164. The van der Waals surface area contributed by atoms with E-state index in [1.54, 1.807) is 0 Å². The van der Waals surface area contributed by atoms with Gasteiger partial charge in [0.15, 0.2) is 0 Å². The van der Waals surface area contributed by atoms with Crippen LogP contribution < -0.4 is 0 Å². The maximum Gasteiger partial charge on any atom is 0.242 e. The molecule has 0 atom stereocenters. The first kappa shape index (κ1) is 9.21. The van der Waals surface area contributed by atoms with E-state index in [0.717, 1.165) is 6.21 Å². The fraction of sp³-hybridized carbons (Fsp3) is 0.500. The highest BCUT2D eigenvalue weighted by Gasteiger charge is 2.15. The van der Waals surface area contributed by atoms with E-state index >= 15 is 0 Å². The second-order valence-electron chi connectivity index (χ2n) is 1.32. The van der Waals surface area contributed by atoms with Crippen LogP contribution in [0.25, 0.3) is 0 Å². The summed E-state index contributed by atoms with van der Waals surface area (Å²) in [6.07, 6.45) is 0.958. The van der Waals surface area contributed by atoms with Crippen LogP contribution >= 0.6 is 34.8 Å². The van der Waals surface area contributed by atoms with E-state index in [1.165, 1.54) is 6.92 Å². The molecule has 9 heavy (non-hydrogen) atoms. The van der Waals surface area contributed by atoms with Crippen molar-refractivity contribution >= 4 is 46.9 Å². The predicted molar refractivity (Wildman–Crippen MR) is 39.5 cm³/mol. The molecule has 0 rings (SSSR count). The molecule has 0 aromatic rings. The Balaban J connectivity index is 3.86. The van der Waals surface area contributed by atoms with Crippen molar-refractivity contribution in [3.8, 4) is 0 Å². The van der Waals surface area contributed by atoms with Crippen LogP contribution in [0.1, 0.15) is 6.92 Å². The largest absolute Gasteiger partial charge is 0.273 e. The van der Waals surface area contributed by atoms with Gasteiger partial charge >= 0.3 is 0 Å². The summed E-state index contributed by atoms with van der Waals surface area (Å²) in [5.41, 5.74) is 0. The van der Waals surface area contributed by atoms with Crippen molar-refractivity contribution in [2.75, 3.05) is 0 Å². The molecule has 0 aliphatic rings. The second-order valence-corrected chi connectivity index (χ2v) is 3.69. The molecular formula is C4H4Cl3NO. The number of hydrogen-bond acceptors (Lipinski definition) is 1. The van der Waals surface area contributed by atoms with Crippen LogP contribution in [-0.2, 0) is 4.79 Å². The van der Waals surface area contributed by atoms with Crippen molar-refractivity contribution in [1.82, 2.24) is 0 Å². The fourth-order valence-corrected chi connectivity index (χ4v) is 0.310. The number of nitrogens with zero attached hydrogens (tertiary/aromatic N) is 1. The minimum absolute atomic E-state index is 0.388. The third kappa shape index (κ3) is 8.21. The van der Waals surface area contributed by atoms with Crippen LogP contribution in [0.3, 0.4) is 0 Å². The molecule has 0 aliphatic carbocycles. The molecule has 2 nitrogen and oxygen atoms in total. The zero-order valence-electron chi connectivity index (χ0n) is 4.57. The highest BCUT2D eigenvalue weighted by molar-refractivity contribution is 6.74. The van der Waals surface area contributed by atoms with Crippen molar-refractivity contribution in [2.24, 2.45) is 4.99 Å². The van der Waals surface area contributed by atoms with Gasteiger partial charge in [0.05, 0.1) is 6.21 Å². The summed E-state index contributed by atoms with van der Waals surface area (Å²) in [6, 6.07) is 0. The Morgan fingerprint density at radius 1 is 1.56 bits per heavy atom. The standard InChI is InChI=1S/C4H4Cl3NO/c1-3(9)8-2-4(5,6)7/h2H,1H3. The Labute approximate surface area is 67.8 Å². The lowest BCUT2D eigenvalue weighted by Crippen LogP contribution is -2.04. The number of alkyl halides is 3. The maximum absolute atomic E-state index is 10.1. The smallest absolute Gasteiger partial charge is 0.242 e. The lowest BCUT2D eigenvalue weighted by molar-refractivity contribution is -0.115. The Hall–Kier alpha value is 0.210. The maximum atomic E-state index is 10.1. The molecule has 0 spiro atoms. The van der Waals surface area contributed by atoms with Gasteiger partial charge in [-0.25, -0.2) is 4.99 Å². The minimum atomic E-state index is -1.56. The van der Waals surface area contributed by atoms with Gasteiger partial charge in [-0.05, 0) is 0 Å². The first-order chi connectivity index (χ1) is 3.92. The van der Waals surface area contributed by atoms with Gasteiger partial charge in [-0.1, -0.05) is 34.8 Å². The quantitative estimate of drug-likeness (QED) is 0.422. The summed E-state index contributed by atoms with van der Waals surface area (Å²) in [6.45, 7) is 1.27. The molecule has 0 fully saturated rings. The van der Waals surface area contributed by atoms with Crippen LogP contribution in [0.4, 0.5) is 0 Å². The third-order valence-corrected chi connectivity index (χ3v) is 0.686. The number of hydrogen-bond donors (Lipinski definition) is 0. The molecule has 1 amide bonds. The third-order valence-electron chi connectivity index (χ3n) is 0.393. The van der Waals surface area contributed by atoms with Gasteiger partial charge in [0, 0.05) is 6.92 Å². The molecule has 0 aromatic carbocycles. The van der Waals surface area contributed by atoms with Gasteiger partial charge in [0.2, 0.25) is 9.70 Å². The monoisotopic (exact) mass is 187 g/mol. The minimum Gasteiger partial charge on any atom is -0.273 e. The van der Waals surface area contributed by atoms with Gasteiger partial charge < -0.3 is 0 Å². The zero-order valence-corrected chi connectivity index (χ0v) is 6.83. The summed E-state index contributed by atoms with van der Waals surface area (Å²) in [7, 11) is 0. The molecule has 5 heteroatoms. The average molecular weight is 188 g/mol. The normalized spacial score (nSPS) is 12.4. The molecule has 0 heterocycles. The summed E-state index contributed by atoms with van der Waals surface area (Å²) >= 11 is 15.6. The van der Waals surface area contributed by atoms with E-state index in [2.05, 4.69) is 4.99 Å². The second kappa shape index (κ2) is 3.40. The van der Waals surface area contributed by atoms with E-state index in [9.17, 15) is 4.79 Å². The highest BCUT2D eigenvalue weighted by Crippen LogP contribution is 2.22. The molecule has 0 N–H and O–H groups in total. The Kier molecular flexibility index (Phi) is 3.48. The summed E-state index contributed by atoms with van der Waals surface area (Å²) < 4.78 is -1.56. The predicted octanol–water partition coefficient (Wildman–Crippen LogP) is 1.97. The van der Waals surface area contributed by atoms with Crippen molar-refractivity contribution in [3.63, 3.8) is 0 Å². The highest BCUT2D eigenvalue weighted by atomic mass is 35.6. The van der Waals surface area contributed by atoms with E-state index in [-0.39, 0.29) is 5.91 Å². The first-order valence-electron chi connectivity index (χ1n) is 2.04. The Morgan fingerprint density at radius 3 is 2.11 bits per heavy atom. The van der Waals surface area contributed by atoms with Gasteiger partial charge in [-0.2, -0.15) is 0 Å². The Bertz CT molecular complexity index is 137. The number of carbonyl (C=O) groups is 1. The lowest BCUT2D eigenvalue weighted by atomic mass is 10.7. The van der Waals surface area contributed by atoms with Crippen molar-refractivity contribution in [2.45, 2.75) is 10.7 Å². The van der Waals surface area contributed by atoms with Gasteiger partial charge in [0.25, 0.3) is 0 Å². The van der Waals surface area contributed by atoms with E-state index in [1.807, 2.05) is 0 Å². The van der Waals surface area contributed by atoms with E-state index in [4.69, 9.17) is 34.8 Å². The van der Waals surface area contributed by atoms with Gasteiger partial charge in [-0.3, -0.25) is 4.79 Å². The molecular weight excluding hydrogens is 184 g/mol. The van der Waals surface area contributed by atoms with Crippen molar-refractivity contribution < 1.29 is 4.79 Å². The number of halogens is 3. The molecule has 0 bridgehead atoms. The van der Waals surface area contributed by atoms with Crippen LogP contribution in [0.2, 0.25) is 0 Å². The molecule has 0 aliphatic heterocycles. The SMILES string of the molecule is CC(=O)N=CC(Cl)(Cl)Cl.